The van der Waals surface area contributed by atoms with Gasteiger partial charge in [-0.2, -0.15) is 4.98 Å². The number of benzene rings is 1. The van der Waals surface area contributed by atoms with Crippen molar-refractivity contribution in [1.29, 1.82) is 0 Å². The van der Waals surface area contributed by atoms with Crippen LogP contribution in [0.5, 0.6) is 0 Å². The van der Waals surface area contributed by atoms with Gasteiger partial charge in [0.1, 0.15) is 5.82 Å². The molecule has 0 fully saturated rings. The van der Waals surface area contributed by atoms with Crippen molar-refractivity contribution in [2.24, 2.45) is 0 Å². The van der Waals surface area contributed by atoms with Gasteiger partial charge in [-0.25, -0.2) is 13.1 Å². The molecule has 0 bridgehead atoms. The number of H-pyrrole nitrogens is 1. The van der Waals surface area contributed by atoms with E-state index in [2.05, 4.69) is 19.9 Å². The molecular weight excluding hydrogens is 276 g/mol. The van der Waals surface area contributed by atoms with Crippen LogP contribution in [0.15, 0.2) is 23.1 Å². The molecule has 6 nitrogen and oxygen atoms in total. The van der Waals surface area contributed by atoms with E-state index in [1.54, 1.807) is 26.0 Å². The normalized spacial score (nSPS) is 11.5. The van der Waals surface area contributed by atoms with Gasteiger partial charge in [0.2, 0.25) is 0 Å². The van der Waals surface area contributed by atoms with E-state index in [4.69, 9.17) is 11.6 Å². The van der Waals surface area contributed by atoms with E-state index in [1.165, 1.54) is 6.07 Å². The minimum Gasteiger partial charge on any atom is -0.261 e. The summed E-state index contributed by atoms with van der Waals surface area (Å²) in [4.78, 5) is 3.99. The van der Waals surface area contributed by atoms with Crippen LogP contribution in [-0.2, 0) is 10.0 Å². The van der Waals surface area contributed by atoms with Crippen molar-refractivity contribution in [1.82, 2.24) is 15.2 Å². The molecule has 96 valence electrons. The van der Waals surface area contributed by atoms with Gasteiger partial charge < -0.3 is 0 Å². The highest BCUT2D eigenvalue weighted by Crippen LogP contribution is 2.21. The highest BCUT2D eigenvalue weighted by Gasteiger charge is 2.19. The average Bonchev–Trinajstić information content (AvgIpc) is 2.66. The summed E-state index contributed by atoms with van der Waals surface area (Å²) in [6, 6.07) is 4.66. The summed E-state index contributed by atoms with van der Waals surface area (Å²) in [6.45, 7) is 3.36. The fourth-order valence-electron chi connectivity index (χ4n) is 1.43. The molecule has 0 saturated carbocycles. The SMILES string of the molecule is Cc1nc(NS(=O)(=O)c2cc(Cl)ccc2C)n[nH]1. The third-order valence-corrected chi connectivity index (χ3v) is 3.97. The van der Waals surface area contributed by atoms with Crippen molar-refractivity contribution < 1.29 is 8.42 Å². The Labute approximate surface area is 109 Å². The molecule has 18 heavy (non-hydrogen) atoms. The number of aryl methyl sites for hydroxylation is 2. The number of aromatic amines is 1. The second-order valence-electron chi connectivity index (χ2n) is 3.76. The fourth-order valence-corrected chi connectivity index (χ4v) is 2.88. The number of sulfonamides is 1. The summed E-state index contributed by atoms with van der Waals surface area (Å²) in [5.41, 5.74) is 0.596. The Morgan fingerprint density at radius 2 is 2.06 bits per heavy atom. The van der Waals surface area contributed by atoms with Gasteiger partial charge in [-0.15, -0.1) is 5.10 Å². The molecule has 8 heteroatoms. The lowest BCUT2D eigenvalue weighted by molar-refractivity contribution is 0.600. The zero-order chi connectivity index (χ0) is 13.3. The van der Waals surface area contributed by atoms with Gasteiger partial charge in [0, 0.05) is 5.02 Å². The molecule has 0 aliphatic heterocycles. The van der Waals surface area contributed by atoms with Crippen LogP contribution >= 0.6 is 11.6 Å². The summed E-state index contributed by atoms with van der Waals surface area (Å²) in [7, 11) is -3.73. The maximum atomic E-state index is 12.1. The minimum atomic E-state index is -3.73. The van der Waals surface area contributed by atoms with Gasteiger partial charge in [0.15, 0.2) is 0 Å². The zero-order valence-corrected chi connectivity index (χ0v) is 11.3. The Hall–Kier alpha value is -1.60. The predicted octanol–water partition coefficient (Wildman–Crippen LogP) is 1.88. The Morgan fingerprint density at radius 1 is 1.33 bits per heavy atom. The van der Waals surface area contributed by atoms with Crippen molar-refractivity contribution in [2.45, 2.75) is 18.7 Å². The monoisotopic (exact) mass is 286 g/mol. The van der Waals surface area contributed by atoms with Crippen LogP contribution in [0.25, 0.3) is 0 Å². The highest BCUT2D eigenvalue weighted by atomic mass is 35.5. The van der Waals surface area contributed by atoms with E-state index >= 15 is 0 Å². The predicted molar refractivity (Wildman–Crippen MR) is 68.1 cm³/mol. The van der Waals surface area contributed by atoms with E-state index in [1.807, 2.05) is 0 Å². The fraction of sp³-hybridized carbons (Fsp3) is 0.200. The van der Waals surface area contributed by atoms with Crippen molar-refractivity contribution in [3.05, 3.63) is 34.6 Å². The molecule has 2 aromatic rings. The number of aromatic nitrogens is 3. The first kappa shape index (κ1) is 12.8. The van der Waals surface area contributed by atoms with Gasteiger partial charge in [0.05, 0.1) is 4.90 Å². The Kier molecular flexibility index (Phi) is 3.27. The number of halogens is 1. The van der Waals surface area contributed by atoms with E-state index in [0.29, 0.717) is 16.4 Å². The summed E-state index contributed by atoms with van der Waals surface area (Å²) < 4.78 is 26.5. The third kappa shape index (κ3) is 2.62. The van der Waals surface area contributed by atoms with Crippen molar-refractivity contribution in [3.63, 3.8) is 0 Å². The molecule has 0 radical (unpaired) electrons. The Balaban J connectivity index is 2.39. The number of nitrogens with zero attached hydrogens (tertiary/aromatic N) is 2. The standard InChI is InChI=1S/C10H11ClN4O2S/c1-6-3-4-8(11)5-9(6)18(16,17)15-10-12-7(2)13-14-10/h3-5H,1-2H3,(H2,12,13,14,15). The first-order valence-corrected chi connectivity index (χ1v) is 6.92. The largest absolute Gasteiger partial charge is 0.264 e. The number of anilines is 1. The zero-order valence-electron chi connectivity index (χ0n) is 9.73. The lowest BCUT2D eigenvalue weighted by Gasteiger charge is -2.07. The van der Waals surface area contributed by atoms with Gasteiger partial charge in [0.25, 0.3) is 16.0 Å². The number of hydrogen-bond donors (Lipinski definition) is 2. The summed E-state index contributed by atoms with van der Waals surface area (Å²) in [5, 5.41) is 6.63. The summed E-state index contributed by atoms with van der Waals surface area (Å²) >= 11 is 5.80. The smallest absolute Gasteiger partial charge is 0.261 e. The molecule has 1 aromatic carbocycles. The van der Waals surface area contributed by atoms with Gasteiger partial charge in [-0.3, -0.25) is 5.10 Å². The molecule has 1 aromatic heterocycles. The van der Waals surface area contributed by atoms with Crippen LogP contribution in [-0.4, -0.2) is 23.6 Å². The molecule has 0 aliphatic rings. The minimum absolute atomic E-state index is 0.00637. The topological polar surface area (TPSA) is 87.7 Å². The number of rotatable bonds is 3. The number of hydrogen-bond acceptors (Lipinski definition) is 4. The van der Waals surface area contributed by atoms with Crippen LogP contribution in [0, 0.1) is 13.8 Å². The summed E-state index contributed by atoms with van der Waals surface area (Å²) in [5.74, 6) is 0.530. The van der Waals surface area contributed by atoms with E-state index in [9.17, 15) is 8.42 Å². The lowest BCUT2D eigenvalue weighted by atomic mass is 10.2. The van der Waals surface area contributed by atoms with Crippen LogP contribution in [0.4, 0.5) is 5.95 Å². The molecule has 0 atom stereocenters. The van der Waals surface area contributed by atoms with E-state index in [0.717, 1.165) is 0 Å². The molecule has 2 N–H and O–H groups in total. The molecule has 2 rings (SSSR count). The first-order chi connectivity index (χ1) is 8.38. The van der Waals surface area contributed by atoms with Gasteiger partial charge in [-0.05, 0) is 31.5 Å². The second kappa shape index (κ2) is 4.58. The van der Waals surface area contributed by atoms with Crippen LogP contribution in [0.3, 0.4) is 0 Å². The first-order valence-electron chi connectivity index (χ1n) is 5.06. The van der Waals surface area contributed by atoms with Gasteiger partial charge >= 0.3 is 0 Å². The van der Waals surface area contributed by atoms with Crippen molar-refractivity contribution >= 4 is 27.6 Å². The molecule has 0 saturated heterocycles. The molecule has 0 spiro atoms. The lowest BCUT2D eigenvalue weighted by Crippen LogP contribution is -2.15. The van der Waals surface area contributed by atoms with Crippen LogP contribution in [0.2, 0.25) is 5.02 Å². The number of nitrogens with one attached hydrogen (secondary N) is 2. The average molecular weight is 287 g/mol. The van der Waals surface area contributed by atoms with Crippen molar-refractivity contribution in [2.75, 3.05) is 4.72 Å². The maximum absolute atomic E-state index is 12.1. The highest BCUT2D eigenvalue weighted by molar-refractivity contribution is 7.92. The molecule has 1 heterocycles. The van der Waals surface area contributed by atoms with Crippen LogP contribution < -0.4 is 4.72 Å². The molecular formula is C10H11ClN4O2S. The second-order valence-corrected chi connectivity index (χ2v) is 5.85. The molecule has 0 amide bonds. The Bertz CT molecular complexity index is 681. The van der Waals surface area contributed by atoms with E-state index < -0.39 is 10.0 Å². The molecule has 0 unspecified atom stereocenters. The summed E-state index contributed by atoms with van der Waals surface area (Å²) in [6.07, 6.45) is 0. The maximum Gasteiger partial charge on any atom is 0.264 e. The van der Waals surface area contributed by atoms with Crippen LogP contribution in [0.1, 0.15) is 11.4 Å². The van der Waals surface area contributed by atoms with Crippen molar-refractivity contribution in [3.8, 4) is 0 Å². The Morgan fingerprint density at radius 3 is 2.67 bits per heavy atom. The third-order valence-electron chi connectivity index (χ3n) is 2.26. The van der Waals surface area contributed by atoms with Gasteiger partial charge in [-0.1, -0.05) is 17.7 Å². The quantitative estimate of drug-likeness (QED) is 0.902. The molecule has 0 aliphatic carbocycles. The van der Waals surface area contributed by atoms with E-state index in [-0.39, 0.29) is 10.8 Å².